The number of aromatic amines is 1. The minimum atomic E-state index is -0.918. The number of Topliss-reactive ketones (excluding diaryl/α,β-unsaturated/α-hetero) is 1. The highest BCUT2D eigenvalue weighted by Gasteiger charge is 2.47. The van der Waals surface area contributed by atoms with E-state index in [0.717, 1.165) is 16.5 Å². The van der Waals surface area contributed by atoms with Crippen LogP contribution in [-0.4, -0.2) is 28.9 Å². The van der Waals surface area contributed by atoms with E-state index in [1.807, 2.05) is 31.2 Å². The Bertz CT molecular complexity index is 1520. The van der Waals surface area contributed by atoms with E-state index in [-0.39, 0.29) is 11.3 Å². The van der Waals surface area contributed by atoms with Crippen LogP contribution in [0, 0.1) is 19.7 Å². The van der Waals surface area contributed by atoms with Crippen LogP contribution in [0.5, 0.6) is 5.75 Å². The zero-order valence-corrected chi connectivity index (χ0v) is 19.4. The fourth-order valence-corrected chi connectivity index (χ4v) is 4.72. The van der Waals surface area contributed by atoms with Gasteiger partial charge in [-0.3, -0.25) is 14.5 Å². The number of anilines is 1. The maximum absolute atomic E-state index is 13.7. The number of carbonyl (C=O) groups excluding carboxylic acids is 2. The van der Waals surface area contributed by atoms with Gasteiger partial charge in [0.2, 0.25) is 0 Å². The number of ketones is 1. The molecule has 1 saturated heterocycles. The van der Waals surface area contributed by atoms with Gasteiger partial charge in [-0.2, -0.15) is 0 Å². The molecule has 1 aliphatic rings. The van der Waals surface area contributed by atoms with Crippen molar-refractivity contribution in [1.82, 2.24) is 4.98 Å². The van der Waals surface area contributed by atoms with Crippen LogP contribution in [0.4, 0.5) is 10.1 Å². The van der Waals surface area contributed by atoms with E-state index in [0.29, 0.717) is 28.1 Å². The smallest absolute Gasteiger partial charge is 0.300 e. The van der Waals surface area contributed by atoms with Gasteiger partial charge in [0, 0.05) is 33.9 Å². The zero-order chi connectivity index (χ0) is 24.9. The second-order valence-electron chi connectivity index (χ2n) is 8.57. The molecule has 1 atom stereocenters. The second-order valence-corrected chi connectivity index (χ2v) is 8.57. The average molecular weight is 471 g/mol. The number of methoxy groups -OCH3 is 1. The molecular weight excluding hydrogens is 447 g/mol. The summed E-state index contributed by atoms with van der Waals surface area (Å²) in [5, 5.41) is 12.3. The van der Waals surface area contributed by atoms with Gasteiger partial charge in [-0.05, 0) is 67.4 Å². The van der Waals surface area contributed by atoms with Gasteiger partial charge in [-0.25, -0.2) is 4.39 Å². The molecule has 0 aliphatic carbocycles. The summed E-state index contributed by atoms with van der Waals surface area (Å²) in [6.07, 6.45) is 1.73. The molecule has 0 saturated carbocycles. The minimum Gasteiger partial charge on any atom is -0.507 e. The van der Waals surface area contributed by atoms with E-state index < -0.39 is 23.5 Å². The molecule has 3 aromatic carbocycles. The van der Waals surface area contributed by atoms with E-state index in [1.165, 1.54) is 29.2 Å². The number of amides is 1. The van der Waals surface area contributed by atoms with Crippen LogP contribution in [0.25, 0.3) is 16.7 Å². The Morgan fingerprint density at radius 1 is 1.03 bits per heavy atom. The molecule has 1 aromatic heterocycles. The molecule has 0 spiro atoms. The lowest BCUT2D eigenvalue weighted by molar-refractivity contribution is -0.132. The molecule has 1 aliphatic heterocycles. The SMILES string of the molecule is COc1cc(C)c(/C(O)=C2\C(=O)C(=O)N(c3ccc(F)cc3)C2c2c[nH]c3ccccc23)cc1C. The molecular formula is C28H23FN2O4. The monoisotopic (exact) mass is 470 g/mol. The minimum absolute atomic E-state index is 0.0308. The molecule has 1 unspecified atom stereocenters. The number of aliphatic hydroxyl groups excluding tert-OH is 1. The Morgan fingerprint density at radius 2 is 1.74 bits per heavy atom. The third kappa shape index (κ3) is 3.56. The predicted molar refractivity (Wildman–Crippen MR) is 132 cm³/mol. The summed E-state index contributed by atoms with van der Waals surface area (Å²) >= 11 is 0. The molecule has 5 rings (SSSR count). The van der Waals surface area contributed by atoms with Crippen LogP contribution in [0.2, 0.25) is 0 Å². The molecule has 2 heterocycles. The van der Waals surface area contributed by atoms with Gasteiger partial charge in [0.05, 0.1) is 18.7 Å². The summed E-state index contributed by atoms with van der Waals surface area (Å²) in [4.78, 5) is 31.2. The molecule has 4 aromatic rings. The van der Waals surface area contributed by atoms with Gasteiger partial charge in [0.25, 0.3) is 11.7 Å². The maximum atomic E-state index is 13.7. The quantitative estimate of drug-likeness (QED) is 0.232. The van der Waals surface area contributed by atoms with Crippen LogP contribution in [0.15, 0.2) is 72.4 Å². The number of H-pyrrole nitrogens is 1. The molecule has 7 heteroatoms. The molecule has 1 amide bonds. The number of aliphatic hydroxyl groups is 1. The Morgan fingerprint density at radius 3 is 2.46 bits per heavy atom. The molecule has 176 valence electrons. The molecule has 0 bridgehead atoms. The number of carbonyl (C=O) groups is 2. The number of hydrogen-bond donors (Lipinski definition) is 2. The second kappa shape index (κ2) is 8.43. The standard InChI is InChI=1S/C28H23FN2O4/c1-15-13-23(35-3)16(2)12-20(15)26(32)24-25(21-14-30-22-7-5-4-6-19(21)22)31(28(34)27(24)33)18-10-8-17(29)9-11-18/h4-14,25,30,32H,1-3H3/b26-24+. The predicted octanol–water partition coefficient (Wildman–Crippen LogP) is 5.56. The average Bonchev–Trinajstić information content (AvgIpc) is 3.39. The largest absolute Gasteiger partial charge is 0.507 e. The molecule has 6 nitrogen and oxygen atoms in total. The summed E-state index contributed by atoms with van der Waals surface area (Å²) in [5.41, 5.74) is 3.69. The number of hydrogen-bond acceptors (Lipinski definition) is 4. The van der Waals surface area contributed by atoms with E-state index in [4.69, 9.17) is 4.74 Å². The van der Waals surface area contributed by atoms with Crippen LogP contribution >= 0.6 is 0 Å². The van der Waals surface area contributed by atoms with Crippen molar-refractivity contribution in [1.29, 1.82) is 0 Å². The van der Waals surface area contributed by atoms with Crippen molar-refractivity contribution < 1.29 is 23.8 Å². The van der Waals surface area contributed by atoms with E-state index in [2.05, 4.69) is 4.98 Å². The first-order chi connectivity index (χ1) is 16.8. The summed E-state index contributed by atoms with van der Waals surface area (Å²) in [5.74, 6) is -1.69. The first-order valence-electron chi connectivity index (χ1n) is 11.1. The normalized spacial score (nSPS) is 17.4. The third-order valence-corrected chi connectivity index (χ3v) is 6.46. The Labute approximate surface area is 201 Å². The summed E-state index contributed by atoms with van der Waals surface area (Å²) < 4.78 is 19.0. The first kappa shape index (κ1) is 22.4. The number of ether oxygens (including phenoxy) is 1. The fourth-order valence-electron chi connectivity index (χ4n) is 4.72. The van der Waals surface area contributed by atoms with Crippen molar-refractivity contribution in [2.75, 3.05) is 12.0 Å². The van der Waals surface area contributed by atoms with Crippen LogP contribution < -0.4 is 9.64 Å². The summed E-state index contributed by atoms with van der Waals surface area (Å²) in [6.45, 7) is 3.64. The first-order valence-corrected chi connectivity index (χ1v) is 11.1. The number of fused-ring (bicyclic) bond motifs is 1. The van der Waals surface area contributed by atoms with Gasteiger partial charge in [0.15, 0.2) is 0 Å². The van der Waals surface area contributed by atoms with Crippen LogP contribution in [-0.2, 0) is 9.59 Å². The fraction of sp³-hybridized carbons (Fsp3) is 0.143. The molecule has 1 fully saturated rings. The highest BCUT2D eigenvalue weighted by Crippen LogP contribution is 2.44. The zero-order valence-electron chi connectivity index (χ0n) is 19.4. The van der Waals surface area contributed by atoms with E-state index in [1.54, 1.807) is 32.4 Å². The lowest BCUT2D eigenvalue weighted by atomic mass is 9.92. The number of para-hydroxylation sites is 1. The van der Waals surface area contributed by atoms with E-state index in [9.17, 15) is 19.1 Å². The van der Waals surface area contributed by atoms with Crippen LogP contribution in [0.1, 0.15) is 28.3 Å². The molecule has 2 N–H and O–H groups in total. The molecule has 0 radical (unpaired) electrons. The number of rotatable bonds is 4. The van der Waals surface area contributed by atoms with Crippen molar-refractivity contribution >= 4 is 34.0 Å². The Kier molecular flexibility index (Phi) is 5.40. The van der Waals surface area contributed by atoms with Crippen molar-refractivity contribution in [2.24, 2.45) is 0 Å². The summed E-state index contributed by atoms with van der Waals surface area (Å²) in [7, 11) is 1.56. The number of nitrogens with zero attached hydrogens (tertiary/aromatic N) is 1. The highest BCUT2D eigenvalue weighted by atomic mass is 19.1. The Balaban J connectivity index is 1.79. The van der Waals surface area contributed by atoms with Crippen LogP contribution in [0.3, 0.4) is 0 Å². The number of aromatic nitrogens is 1. The topological polar surface area (TPSA) is 82.6 Å². The Hall–Kier alpha value is -4.39. The number of nitrogens with one attached hydrogen (secondary N) is 1. The molecule has 35 heavy (non-hydrogen) atoms. The number of benzene rings is 3. The van der Waals surface area contributed by atoms with E-state index >= 15 is 0 Å². The maximum Gasteiger partial charge on any atom is 0.300 e. The van der Waals surface area contributed by atoms with Gasteiger partial charge < -0.3 is 14.8 Å². The third-order valence-electron chi connectivity index (χ3n) is 6.46. The lowest BCUT2D eigenvalue weighted by Crippen LogP contribution is -2.29. The van der Waals surface area contributed by atoms with Gasteiger partial charge in [-0.15, -0.1) is 0 Å². The van der Waals surface area contributed by atoms with Crippen molar-refractivity contribution in [3.05, 3.63) is 101 Å². The highest BCUT2D eigenvalue weighted by molar-refractivity contribution is 6.52. The van der Waals surface area contributed by atoms with Gasteiger partial charge >= 0.3 is 0 Å². The summed E-state index contributed by atoms with van der Waals surface area (Å²) in [6, 6.07) is 15.5. The van der Waals surface area contributed by atoms with Gasteiger partial charge in [0.1, 0.15) is 17.3 Å². The van der Waals surface area contributed by atoms with Gasteiger partial charge in [-0.1, -0.05) is 18.2 Å². The number of aryl methyl sites for hydroxylation is 2. The van der Waals surface area contributed by atoms with Crippen molar-refractivity contribution in [3.63, 3.8) is 0 Å². The lowest BCUT2D eigenvalue weighted by Gasteiger charge is -2.25. The number of halogens is 1. The van der Waals surface area contributed by atoms with Crippen molar-refractivity contribution in [3.8, 4) is 5.75 Å². The van der Waals surface area contributed by atoms with Crippen molar-refractivity contribution in [2.45, 2.75) is 19.9 Å².